The van der Waals surface area contributed by atoms with Crippen LogP contribution in [0.25, 0.3) is 0 Å². The normalized spacial score (nSPS) is 23.4. The third-order valence-electron chi connectivity index (χ3n) is 3.54. The number of morpholine rings is 1. The Balaban J connectivity index is 1.84. The lowest BCUT2D eigenvalue weighted by Gasteiger charge is -2.37. The summed E-state index contributed by atoms with van der Waals surface area (Å²) in [5.74, 6) is 0.790. The second-order valence-electron chi connectivity index (χ2n) is 5.18. The van der Waals surface area contributed by atoms with Crippen molar-refractivity contribution in [1.29, 1.82) is 0 Å². The van der Waals surface area contributed by atoms with Crippen LogP contribution >= 0.6 is 0 Å². The number of hydrogen-bond donors (Lipinski definition) is 0. The third kappa shape index (κ3) is 3.08. The molecule has 1 fully saturated rings. The molecule has 2 aromatic heterocycles. The molecule has 0 radical (unpaired) electrons. The van der Waals surface area contributed by atoms with Gasteiger partial charge in [0.15, 0.2) is 5.82 Å². The van der Waals surface area contributed by atoms with E-state index < -0.39 is 0 Å². The summed E-state index contributed by atoms with van der Waals surface area (Å²) < 4.78 is 24.3. The molecule has 3 heterocycles. The number of aromatic nitrogens is 3. The van der Waals surface area contributed by atoms with E-state index in [-0.39, 0.29) is 18.0 Å². The van der Waals surface area contributed by atoms with Crippen molar-refractivity contribution in [2.24, 2.45) is 0 Å². The first-order valence-electron chi connectivity index (χ1n) is 6.89. The average Bonchev–Trinajstić information content (AvgIpc) is 2.85. The zero-order valence-corrected chi connectivity index (χ0v) is 12.0. The number of rotatable bonds is 3. The highest BCUT2D eigenvalue weighted by Crippen LogP contribution is 2.29. The molecular weight excluding hydrogens is 275 g/mol. The van der Waals surface area contributed by atoms with Gasteiger partial charge in [-0.1, -0.05) is 5.16 Å². The van der Waals surface area contributed by atoms with Crippen LogP contribution in [-0.2, 0) is 11.3 Å². The summed E-state index contributed by atoms with van der Waals surface area (Å²) in [5, 5.41) is 3.84. The van der Waals surface area contributed by atoms with Crippen molar-refractivity contribution in [3.63, 3.8) is 0 Å². The van der Waals surface area contributed by atoms with Crippen LogP contribution in [0.3, 0.4) is 0 Å². The molecule has 0 spiro atoms. The lowest BCUT2D eigenvalue weighted by molar-refractivity contribution is -0.0763. The van der Waals surface area contributed by atoms with Gasteiger partial charge in [-0.25, -0.2) is 4.39 Å². The number of hydrogen-bond acceptors (Lipinski definition) is 6. The maximum absolute atomic E-state index is 13.3. The smallest absolute Gasteiger partial charge is 0.246 e. The van der Waals surface area contributed by atoms with Gasteiger partial charge in [-0.2, -0.15) is 4.98 Å². The van der Waals surface area contributed by atoms with Crippen LogP contribution in [0.2, 0.25) is 0 Å². The molecule has 0 N–H and O–H groups in total. The SMILES string of the molecule is Cc1noc([C@@H]2[C@@H](C)OCCN2Cc2cncc(F)c2)n1. The monoisotopic (exact) mass is 292 g/mol. The van der Waals surface area contributed by atoms with Crippen LogP contribution in [0, 0.1) is 12.7 Å². The van der Waals surface area contributed by atoms with E-state index in [2.05, 4.69) is 20.0 Å². The second kappa shape index (κ2) is 5.87. The van der Waals surface area contributed by atoms with Crippen molar-refractivity contribution in [2.75, 3.05) is 13.2 Å². The first kappa shape index (κ1) is 14.1. The fourth-order valence-corrected chi connectivity index (χ4v) is 2.63. The molecule has 0 aromatic carbocycles. The summed E-state index contributed by atoms with van der Waals surface area (Å²) in [6.07, 6.45) is 2.80. The van der Waals surface area contributed by atoms with E-state index in [4.69, 9.17) is 9.26 Å². The van der Waals surface area contributed by atoms with E-state index in [9.17, 15) is 4.39 Å². The van der Waals surface area contributed by atoms with Gasteiger partial charge < -0.3 is 9.26 Å². The summed E-state index contributed by atoms with van der Waals surface area (Å²) in [4.78, 5) is 10.3. The Hall–Kier alpha value is -1.86. The Morgan fingerprint density at radius 1 is 1.43 bits per heavy atom. The number of ether oxygens (including phenoxy) is 1. The summed E-state index contributed by atoms with van der Waals surface area (Å²) in [6.45, 7) is 5.65. The summed E-state index contributed by atoms with van der Waals surface area (Å²) in [6, 6.07) is 1.35. The van der Waals surface area contributed by atoms with Crippen LogP contribution < -0.4 is 0 Å². The summed E-state index contributed by atoms with van der Waals surface area (Å²) in [5.41, 5.74) is 0.810. The van der Waals surface area contributed by atoms with E-state index in [1.165, 1.54) is 12.3 Å². The minimum Gasteiger partial charge on any atom is -0.375 e. The zero-order valence-electron chi connectivity index (χ0n) is 12.0. The molecular formula is C14H17FN4O2. The molecule has 2 aromatic rings. The molecule has 7 heteroatoms. The van der Waals surface area contributed by atoms with Gasteiger partial charge in [0.05, 0.1) is 18.9 Å². The fourth-order valence-electron chi connectivity index (χ4n) is 2.63. The largest absolute Gasteiger partial charge is 0.375 e. The Bertz CT molecular complexity index is 619. The highest BCUT2D eigenvalue weighted by atomic mass is 19.1. The average molecular weight is 292 g/mol. The molecule has 0 unspecified atom stereocenters. The topological polar surface area (TPSA) is 64.3 Å². The first-order valence-corrected chi connectivity index (χ1v) is 6.89. The lowest BCUT2D eigenvalue weighted by atomic mass is 10.1. The molecule has 0 bridgehead atoms. The Kier molecular flexibility index (Phi) is 3.94. The molecule has 112 valence electrons. The molecule has 1 aliphatic heterocycles. The third-order valence-corrected chi connectivity index (χ3v) is 3.54. The number of pyridine rings is 1. The van der Waals surface area contributed by atoms with Crippen molar-refractivity contribution in [3.05, 3.63) is 41.6 Å². The van der Waals surface area contributed by atoms with E-state index in [1.807, 2.05) is 6.92 Å². The first-order chi connectivity index (χ1) is 10.1. The molecule has 1 aliphatic rings. The van der Waals surface area contributed by atoms with Gasteiger partial charge in [-0.3, -0.25) is 9.88 Å². The Morgan fingerprint density at radius 2 is 2.29 bits per heavy atom. The number of nitrogens with zero attached hydrogens (tertiary/aromatic N) is 4. The van der Waals surface area contributed by atoms with E-state index in [1.54, 1.807) is 13.1 Å². The molecule has 6 nitrogen and oxygen atoms in total. The fraction of sp³-hybridized carbons (Fsp3) is 0.500. The van der Waals surface area contributed by atoms with E-state index in [0.717, 1.165) is 5.56 Å². The van der Waals surface area contributed by atoms with Crippen LogP contribution in [0.1, 0.15) is 30.2 Å². The molecule has 1 saturated heterocycles. The highest BCUT2D eigenvalue weighted by molar-refractivity contribution is 5.11. The molecule has 0 aliphatic carbocycles. The zero-order chi connectivity index (χ0) is 14.8. The highest BCUT2D eigenvalue weighted by Gasteiger charge is 2.34. The second-order valence-corrected chi connectivity index (χ2v) is 5.18. The van der Waals surface area contributed by atoms with Crippen molar-refractivity contribution < 1.29 is 13.7 Å². The molecule has 0 amide bonds. The molecule has 21 heavy (non-hydrogen) atoms. The van der Waals surface area contributed by atoms with Gasteiger partial charge in [0.25, 0.3) is 0 Å². The molecule has 0 saturated carbocycles. The van der Waals surface area contributed by atoms with E-state index in [0.29, 0.717) is 31.4 Å². The maximum Gasteiger partial charge on any atom is 0.246 e. The van der Waals surface area contributed by atoms with Crippen molar-refractivity contribution in [1.82, 2.24) is 20.0 Å². The van der Waals surface area contributed by atoms with Gasteiger partial charge in [0.2, 0.25) is 5.89 Å². The minimum atomic E-state index is -0.334. The minimum absolute atomic E-state index is 0.0693. The Morgan fingerprint density at radius 3 is 3.00 bits per heavy atom. The van der Waals surface area contributed by atoms with Crippen molar-refractivity contribution in [3.8, 4) is 0 Å². The van der Waals surface area contributed by atoms with Gasteiger partial charge in [-0.05, 0) is 25.5 Å². The lowest BCUT2D eigenvalue weighted by Crippen LogP contribution is -2.43. The van der Waals surface area contributed by atoms with Gasteiger partial charge in [-0.15, -0.1) is 0 Å². The quantitative estimate of drug-likeness (QED) is 0.860. The molecule has 3 rings (SSSR count). The molecule has 2 atom stereocenters. The standard InChI is InChI=1S/C14H17FN4O2/c1-9-13(14-17-10(2)18-21-14)19(3-4-20-9)8-11-5-12(15)7-16-6-11/h5-7,9,13H,3-4,8H2,1-2H3/t9-,13+/m1/s1. The van der Waals surface area contributed by atoms with Crippen molar-refractivity contribution in [2.45, 2.75) is 32.5 Å². The van der Waals surface area contributed by atoms with E-state index >= 15 is 0 Å². The Labute approximate surface area is 121 Å². The predicted molar refractivity (Wildman–Crippen MR) is 71.8 cm³/mol. The van der Waals surface area contributed by atoms with Gasteiger partial charge >= 0.3 is 0 Å². The van der Waals surface area contributed by atoms with Gasteiger partial charge in [0, 0.05) is 19.3 Å². The summed E-state index contributed by atoms with van der Waals surface area (Å²) in [7, 11) is 0. The van der Waals surface area contributed by atoms with Crippen LogP contribution in [-0.4, -0.2) is 39.3 Å². The number of aryl methyl sites for hydroxylation is 1. The van der Waals surface area contributed by atoms with Crippen molar-refractivity contribution >= 4 is 0 Å². The number of halogens is 1. The van der Waals surface area contributed by atoms with Crippen LogP contribution in [0.15, 0.2) is 23.0 Å². The van der Waals surface area contributed by atoms with Crippen LogP contribution in [0.4, 0.5) is 4.39 Å². The van der Waals surface area contributed by atoms with Gasteiger partial charge in [0.1, 0.15) is 11.9 Å². The van der Waals surface area contributed by atoms with Crippen LogP contribution in [0.5, 0.6) is 0 Å². The maximum atomic E-state index is 13.3. The summed E-state index contributed by atoms with van der Waals surface area (Å²) >= 11 is 0. The predicted octanol–water partition coefficient (Wildman–Crippen LogP) is 1.87.